The summed E-state index contributed by atoms with van der Waals surface area (Å²) in [6.07, 6.45) is 2.51. The van der Waals surface area contributed by atoms with Gasteiger partial charge in [0.15, 0.2) is 0 Å². The first-order valence-corrected chi connectivity index (χ1v) is 6.20. The smallest absolute Gasteiger partial charge is 0.0375 e. The quantitative estimate of drug-likeness (QED) is 0.664. The lowest BCUT2D eigenvalue weighted by molar-refractivity contribution is 0.829. The van der Waals surface area contributed by atoms with E-state index in [2.05, 4.69) is 30.4 Å². The summed E-state index contributed by atoms with van der Waals surface area (Å²) in [5, 5.41) is 3.40. The van der Waals surface area contributed by atoms with E-state index in [1.807, 2.05) is 27.7 Å². The van der Waals surface area contributed by atoms with Gasteiger partial charge in [-0.15, -0.1) is 0 Å². The predicted octanol–water partition coefficient (Wildman–Crippen LogP) is 4.41. The number of benzene rings is 1. The van der Waals surface area contributed by atoms with Gasteiger partial charge in [-0.3, -0.25) is 0 Å². The van der Waals surface area contributed by atoms with Gasteiger partial charge >= 0.3 is 0 Å². The van der Waals surface area contributed by atoms with Crippen LogP contribution in [0.25, 0.3) is 0 Å². The van der Waals surface area contributed by atoms with Crippen LogP contribution in [0.1, 0.15) is 45.2 Å². The van der Waals surface area contributed by atoms with Crippen LogP contribution in [-0.2, 0) is 6.42 Å². The average molecular weight is 207 g/mol. The van der Waals surface area contributed by atoms with Gasteiger partial charge in [0.2, 0.25) is 0 Å². The standard InChI is InChI=1S/C10H13N.2C2H6/c1-8-4-5-9-3-2-6-11-10(9)7-8;2*1-2/h4-5,7,11H,2-3,6H2,1H3;2*1-2H3. The fourth-order valence-corrected chi connectivity index (χ4v) is 1.57. The van der Waals surface area contributed by atoms with E-state index in [1.165, 1.54) is 29.7 Å². The Balaban J connectivity index is 0.000000442. The van der Waals surface area contributed by atoms with Crippen molar-refractivity contribution in [1.82, 2.24) is 0 Å². The molecule has 0 saturated heterocycles. The van der Waals surface area contributed by atoms with Gasteiger partial charge in [-0.25, -0.2) is 0 Å². The van der Waals surface area contributed by atoms with Crippen molar-refractivity contribution >= 4 is 5.69 Å². The van der Waals surface area contributed by atoms with Gasteiger partial charge < -0.3 is 5.32 Å². The lowest BCUT2D eigenvalue weighted by atomic mass is 10.0. The first-order chi connectivity index (χ1) is 7.36. The third-order valence-electron chi connectivity index (χ3n) is 2.20. The molecule has 15 heavy (non-hydrogen) atoms. The normalized spacial score (nSPS) is 12.1. The molecular weight excluding hydrogens is 182 g/mol. The van der Waals surface area contributed by atoms with Crippen molar-refractivity contribution in [3.63, 3.8) is 0 Å². The van der Waals surface area contributed by atoms with Crippen molar-refractivity contribution in [2.24, 2.45) is 0 Å². The zero-order chi connectivity index (χ0) is 11.7. The molecule has 0 aromatic heterocycles. The van der Waals surface area contributed by atoms with Gasteiger partial charge in [0.25, 0.3) is 0 Å². The van der Waals surface area contributed by atoms with Crippen LogP contribution in [0.4, 0.5) is 5.69 Å². The minimum atomic E-state index is 1.14. The number of fused-ring (bicyclic) bond motifs is 1. The first-order valence-electron chi connectivity index (χ1n) is 6.20. The molecule has 0 radical (unpaired) electrons. The highest BCUT2D eigenvalue weighted by molar-refractivity contribution is 5.54. The summed E-state index contributed by atoms with van der Waals surface area (Å²) >= 11 is 0. The zero-order valence-electron chi connectivity index (χ0n) is 10.9. The summed E-state index contributed by atoms with van der Waals surface area (Å²) in [6.45, 7) is 11.3. The van der Waals surface area contributed by atoms with Crippen molar-refractivity contribution < 1.29 is 0 Å². The third kappa shape index (κ3) is 4.37. The van der Waals surface area contributed by atoms with Crippen molar-refractivity contribution in [3.05, 3.63) is 29.3 Å². The van der Waals surface area contributed by atoms with E-state index in [1.54, 1.807) is 0 Å². The van der Waals surface area contributed by atoms with Gasteiger partial charge in [0.1, 0.15) is 0 Å². The second-order valence-corrected chi connectivity index (χ2v) is 3.19. The Hall–Kier alpha value is -0.980. The maximum absolute atomic E-state index is 3.40. The molecule has 1 aromatic rings. The van der Waals surface area contributed by atoms with E-state index in [-0.39, 0.29) is 0 Å². The highest BCUT2D eigenvalue weighted by atomic mass is 14.9. The fourth-order valence-electron chi connectivity index (χ4n) is 1.57. The number of nitrogens with one attached hydrogen (secondary N) is 1. The molecule has 0 atom stereocenters. The number of rotatable bonds is 0. The Morgan fingerprint density at radius 2 is 1.73 bits per heavy atom. The Morgan fingerprint density at radius 3 is 2.40 bits per heavy atom. The Bertz CT molecular complexity index is 266. The largest absolute Gasteiger partial charge is 0.385 e. The molecule has 0 aliphatic carbocycles. The molecule has 0 fully saturated rings. The first kappa shape index (κ1) is 14.0. The molecule has 1 nitrogen and oxygen atoms in total. The van der Waals surface area contributed by atoms with E-state index in [9.17, 15) is 0 Å². The molecule has 1 aliphatic rings. The Labute approximate surface area is 94.9 Å². The second-order valence-electron chi connectivity index (χ2n) is 3.19. The molecule has 0 spiro atoms. The average Bonchev–Trinajstić information content (AvgIpc) is 2.34. The van der Waals surface area contributed by atoms with Gasteiger partial charge in [-0.2, -0.15) is 0 Å². The predicted molar refractivity (Wildman–Crippen MR) is 70.7 cm³/mol. The van der Waals surface area contributed by atoms with Crippen LogP contribution in [0.3, 0.4) is 0 Å². The van der Waals surface area contributed by atoms with E-state index in [0.717, 1.165) is 6.54 Å². The number of hydrogen-bond acceptors (Lipinski definition) is 1. The molecule has 0 saturated carbocycles. The van der Waals surface area contributed by atoms with Crippen LogP contribution in [0.5, 0.6) is 0 Å². The SMILES string of the molecule is CC.CC.Cc1ccc2c(c1)NCCC2. The van der Waals surface area contributed by atoms with Crippen molar-refractivity contribution in [2.45, 2.75) is 47.5 Å². The minimum Gasteiger partial charge on any atom is -0.385 e. The summed E-state index contributed by atoms with van der Waals surface area (Å²) in [5.74, 6) is 0. The molecule has 0 amide bonds. The molecule has 1 heterocycles. The second kappa shape index (κ2) is 8.34. The van der Waals surface area contributed by atoms with Crippen LogP contribution < -0.4 is 5.32 Å². The number of aryl methyl sites for hydroxylation is 2. The summed E-state index contributed by atoms with van der Waals surface area (Å²) < 4.78 is 0. The van der Waals surface area contributed by atoms with Crippen molar-refractivity contribution in [2.75, 3.05) is 11.9 Å². The van der Waals surface area contributed by atoms with E-state index < -0.39 is 0 Å². The van der Waals surface area contributed by atoms with Gasteiger partial charge in [0.05, 0.1) is 0 Å². The number of anilines is 1. The molecular formula is C14H25N. The Kier molecular flexibility index (Phi) is 7.79. The van der Waals surface area contributed by atoms with Crippen LogP contribution in [-0.4, -0.2) is 6.54 Å². The van der Waals surface area contributed by atoms with Crippen LogP contribution in [0.2, 0.25) is 0 Å². The van der Waals surface area contributed by atoms with Crippen LogP contribution in [0.15, 0.2) is 18.2 Å². The van der Waals surface area contributed by atoms with Gasteiger partial charge in [-0.05, 0) is 37.0 Å². The molecule has 1 N–H and O–H groups in total. The number of hydrogen-bond donors (Lipinski definition) is 1. The summed E-state index contributed by atoms with van der Waals surface area (Å²) in [5.41, 5.74) is 4.16. The van der Waals surface area contributed by atoms with E-state index >= 15 is 0 Å². The highest BCUT2D eigenvalue weighted by Crippen LogP contribution is 2.22. The zero-order valence-corrected chi connectivity index (χ0v) is 10.9. The molecule has 86 valence electrons. The monoisotopic (exact) mass is 207 g/mol. The van der Waals surface area contributed by atoms with Crippen molar-refractivity contribution in [1.29, 1.82) is 0 Å². The summed E-state index contributed by atoms with van der Waals surface area (Å²) in [4.78, 5) is 0. The molecule has 0 unspecified atom stereocenters. The highest BCUT2D eigenvalue weighted by Gasteiger charge is 2.06. The van der Waals surface area contributed by atoms with Gasteiger partial charge in [0, 0.05) is 12.2 Å². The lowest BCUT2D eigenvalue weighted by Gasteiger charge is -2.17. The van der Waals surface area contributed by atoms with Crippen LogP contribution in [0, 0.1) is 6.92 Å². The maximum Gasteiger partial charge on any atom is 0.0375 e. The lowest BCUT2D eigenvalue weighted by Crippen LogP contribution is -2.11. The fraction of sp³-hybridized carbons (Fsp3) is 0.571. The van der Waals surface area contributed by atoms with Crippen molar-refractivity contribution in [3.8, 4) is 0 Å². The van der Waals surface area contributed by atoms with Crippen LogP contribution >= 0.6 is 0 Å². The molecule has 1 heteroatoms. The minimum absolute atomic E-state index is 1.14. The third-order valence-corrected chi connectivity index (χ3v) is 2.20. The van der Waals surface area contributed by atoms with E-state index in [4.69, 9.17) is 0 Å². The van der Waals surface area contributed by atoms with E-state index in [0.29, 0.717) is 0 Å². The maximum atomic E-state index is 3.40. The Morgan fingerprint density at radius 1 is 1.07 bits per heavy atom. The molecule has 2 rings (SSSR count). The molecule has 1 aliphatic heterocycles. The topological polar surface area (TPSA) is 12.0 Å². The summed E-state index contributed by atoms with van der Waals surface area (Å²) in [6, 6.07) is 6.65. The van der Waals surface area contributed by atoms with Gasteiger partial charge in [-0.1, -0.05) is 39.8 Å². The summed E-state index contributed by atoms with van der Waals surface area (Å²) in [7, 11) is 0. The molecule has 0 bridgehead atoms. The molecule has 1 aromatic carbocycles.